The van der Waals surface area contributed by atoms with E-state index >= 15 is 0 Å². The lowest BCUT2D eigenvalue weighted by molar-refractivity contribution is 0.0598. The Morgan fingerprint density at radius 2 is 1.83 bits per heavy atom. The van der Waals surface area contributed by atoms with Crippen molar-refractivity contribution in [1.82, 2.24) is 0 Å². The average Bonchev–Trinajstić information content (AvgIpc) is 2.03. The van der Waals surface area contributed by atoms with Crippen molar-refractivity contribution >= 4 is 37.8 Å². The van der Waals surface area contributed by atoms with Crippen LogP contribution in [0.4, 0.5) is 0 Å². The molecule has 0 amide bonds. The van der Waals surface area contributed by atoms with Gasteiger partial charge in [0.1, 0.15) is 0 Å². The van der Waals surface area contributed by atoms with Crippen LogP contribution in [0.2, 0.25) is 0 Å². The summed E-state index contributed by atoms with van der Waals surface area (Å²) in [6, 6.07) is 5.41. The van der Waals surface area contributed by atoms with Crippen molar-refractivity contribution in [2.75, 3.05) is 7.11 Å². The van der Waals surface area contributed by atoms with E-state index in [0.29, 0.717) is 5.56 Å². The number of rotatable bonds is 1. The number of ether oxygens (including phenoxy) is 1. The van der Waals surface area contributed by atoms with Crippen molar-refractivity contribution < 1.29 is 9.53 Å². The van der Waals surface area contributed by atoms with E-state index in [4.69, 9.17) is 0 Å². The number of halogens is 2. The van der Waals surface area contributed by atoms with Gasteiger partial charge in [-0.1, -0.05) is 6.07 Å². The van der Waals surface area contributed by atoms with Gasteiger partial charge in [0.2, 0.25) is 0 Å². The molecule has 0 heterocycles. The first-order valence-corrected chi connectivity index (χ1v) is 4.77. The van der Waals surface area contributed by atoms with Crippen molar-refractivity contribution in [3.63, 3.8) is 0 Å². The van der Waals surface area contributed by atoms with Crippen molar-refractivity contribution in [1.29, 1.82) is 0 Å². The van der Waals surface area contributed by atoms with Crippen molar-refractivity contribution in [3.05, 3.63) is 32.7 Å². The lowest BCUT2D eigenvalue weighted by atomic mass is 10.2. The molecular formula is C8H6Br2O2. The molecule has 0 saturated heterocycles. The van der Waals surface area contributed by atoms with Gasteiger partial charge in [0.15, 0.2) is 0 Å². The fraction of sp³-hybridized carbons (Fsp3) is 0.125. The van der Waals surface area contributed by atoms with Crippen LogP contribution in [0.3, 0.4) is 0 Å². The molecule has 0 N–H and O–H groups in total. The molecule has 0 aliphatic rings. The molecule has 12 heavy (non-hydrogen) atoms. The van der Waals surface area contributed by atoms with E-state index in [-0.39, 0.29) is 5.97 Å². The molecule has 1 aromatic rings. The second-order valence-corrected chi connectivity index (χ2v) is 3.80. The number of hydrogen-bond donors (Lipinski definition) is 0. The molecule has 0 fully saturated rings. The first-order chi connectivity index (χ1) is 5.66. The Morgan fingerprint density at radius 1 is 1.33 bits per heavy atom. The molecule has 0 aliphatic carbocycles. The quantitative estimate of drug-likeness (QED) is 0.744. The van der Waals surface area contributed by atoms with E-state index in [9.17, 15) is 4.79 Å². The first kappa shape index (κ1) is 9.74. The summed E-state index contributed by atoms with van der Waals surface area (Å²) >= 11 is 6.52. The van der Waals surface area contributed by atoms with Crippen LogP contribution in [-0.2, 0) is 4.74 Å². The Hall–Kier alpha value is -0.350. The van der Waals surface area contributed by atoms with Gasteiger partial charge in [-0.3, -0.25) is 0 Å². The number of hydrogen-bond acceptors (Lipinski definition) is 2. The van der Waals surface area contributed by atoms with E-state index in [1.54, 1.807) is 12.1 Å². The van der Waals surface area contributed by atoms with Crippen molar-refractivity contribution in [2.24, 2.45) is 0 Å². The molecule has 1 aromatic carbocycles. The minimum absolute atomic E-state index is 0.352. The van der Waals surface area contributed by atoms with Crippen LogP contribution in [0.25, 0.3) is 0 Å². The minimum atomic E-state index is -0.352. The second-order valence-electron chi connectivity index (χ2n) is 2.09. The summed E-state index contributed by atoms with van der Waals surface area (Å²) in [4.78, 5) is 11.2. The van der Waals surface area contributed by atoms with Gasteiger partial charge in [0.25, 0.3) is 0 Å². The van der Waals surface area contributed by atoms with Crippen LogP contribution >= 0.6 is 31.9 Å². The van der Waals surface area contributed by atoms with Crippen LogP contribution in [-0.4, -0.2) is 13.1 Å². The third-order valence-electron chi connectivity index (χ3n) is 1.35. The maximum Gasteiger partial charge on any atom is 0.340 e. The average molecular weight is 294 g/mol. The lowest BCUT2D eigenvalue weighted by Gasteiger charge is -2.03. The van der Waals surface area contributed by atoms with Crippen LogP contribution in [0.1, 0.15) is 10.4 Å². The molecule has 0 spiro atoms. The zero-order valence-electron chi connectivity index (χ0n) is 6.30. The van der Waals surface area contributed by atoms with E-state index in [1.807, 2.05) is 6.07 Å². The summed E-state index contributed by atoms with van der Waals surface area (Å²) in [5, 5.41) is 0. The normalized spacial score (nSPS) is 9.58. The standard InChI is InChI=1S/C8H6Br2O2/c1-12-8(11)7-5(9)3-2-4-6(7)10/h2-4H,1H3. The smallest absolute Gasteiger partial charge is 0.340 e. The van der Waals surface area contributed by atoms with Crippen molar-refractivity contribution in [2.45, 2.75) is 0 Å². The van der Waals surface area contributed by atoms with Gasteiger partial charge in [-0.15, -0.1) is 0 Å². The molecule has 0 unspecified atom stereocenters. The summed E-state index contributed by atoms with van der Waals surface area (Å²) < 4.78 is 6.05. The fourth-order valence-electron chi connectivity index (χ4n) is 0.795. The molecule has 0 atom stereocenters. The Morgan fingerprint density at radius 3 is 2.25 bits per heavy atom. The van der Waals surface area contributed by atoms with E-state index < -0.39 is 0 Å². The van der Waals surface area contributed by atoms with Gasteiger partial charge >= 0.3 is 5.97 Å². The summed E-state index contributed by atoms with van der Waals surface area (Å²) in [7, 11) is 1.36. The van der Waals surface area contributed by atoms with Gasteiger partial charge in [0.05, 0.1) is 12.7 Å². The SMILES string of the molecule is COC(=O)c1c(Br)cccc1Br. The van der Waals surface area contributed by atoms with Gasteiger partial charge in [-0.2, -0.15) is 0 Å². The van der Waals surface area contributed by atoms with Gasteiger partial charge in [0, 0.05) is 8.95 Å². The fourth-order valence-corrected chi connectivity index (χ4v) is 2.12. The summed E-state index contributed by atoms with van der Waals surface area (Å²) in [6.07, 6.45) is 0. The molecule has 0 radical (unpaired) electrons. The monoisotopic (exact) mass is 292 g/mol. The molecule has 4 heteroatoms. The molecule has 1 rings (SSSR count). The summed E-state index contributed by atoms with van der Waals surface area (Å²) in [5.41, 5.74) is 0.514. The molecule has 64 valence electrons. The molecule has 0 aromatic heterocycles. The highest BCUT2D eigenvalue weighted by molar-refractivity contribution is 9.11. The number of benzene rings is 1. The van der Waals surface area contributed by atoms with Crippen LogP contribution in [0, 0.1) is 0 Å². The Balaban J connectivity index is 3.21. The predicted molar refractivity (Wildman–Crippen MR) is 53.2 cm³/mol. The lowest BCUT2D eigenvalue weighted by Crippen LogP contribution is -2.02. The first-order valence-electron chi connectivity index (χ1n) is 3.19. The maximum atomic E-state index is 11.2. The van der Waals surface area contributed by atoms with Crippen LogP contribution in [0.15, 0.2) is 27.1 Å². The number of carbonyl (C=O) groups excluding carboxylic acids is 1. The summed E-state index contributed by atoms with van der Waals surface area (Å²) in [6.45, 7) is 0. The Bertz CT molecular complexity index is 290. The Kier molecular flexibility index (Phi) is 3.29. The van der Waals surface area contributed by atoms with Gasteiger partial charge in [-0.25, -0.2) is 4.79 Å². The molecular weight excluding hydrogens is 288 g/mol. The third-order valence-corrected chi connectivity index (χ3v) is 2.67. The maximum absolute atomic E-state index is 11.2. The van der Waals surface area contributed by atoms with Gasteiger partial charge < -0.3 is 4.74 Å². The number of carbonyl (C=O) groups is 1. The second kappa shape index (κ2) is 4.05. The molecule has 0 aliphatic heterocycles. The molecule has 0 bridgehead atoms. The van der Waals surface area contributed by atoms with Crippen LogP contribution in [0.5, 0.6) is 0 Å². The highest BCUT2D eigenvalue weighted by atomic mass is 79.9. The highest BCUT2D eigenvalue weighted by Gasteiger charge is 2.13. The van der Waals surface area contributed by atoms with Crippen molar-refractivity contribution in [3.8, 4) is 0 Å². The Labute approximate surface area is 87.2 Å². The van der Waals surface area contributed by atoms with Gasteiger partial charge in [-0.05, 0) is 44.0 Å². The van der Waals surface area contributed by atoms with E-state index in [1.165, 1.54) is 7.11 Å². The number of esters is 1. The van der Waals surface area contributed by atoms with Crippen LogP contribution < -0.4 is 0 Å². The number of methoxy groups -OCH3 is 1. The van der Waals surface area contributed by atoms with E-state index in [0.717, 1.165) is 8.95 Å². The largest absolute Gasteiger partial charge is 0.465 e. The minimum Gasteiger partial charge on any atom is -0.465 e. The topological polar surface area (TPSA) is 26.3 Å². The zero-order valence-corrected chi connectivity index (χ0v) is 9.48. The molecule has 0 saturated carbocycles. The predicted octanol–water partition coefficient (Wildman–Crippen LogP) is 3.00. The zero-order chi connectivity index (χ0) is 9.14. The van der Waals surface area contributed by atoms with E-state index in [2.05, 4.69) is 36.6 Å². The highest BCUT2D eigenvalue weighted by Crippen LogP contribution is 2.25. The molecule has 2 nitrogen and oxygen atoms in total. The third kappa shape index (κ3) is 1.87. The summed E-state index contributed by atoms with van der Waals surface area (Å²) in [5.74, 6) is -0.352.